The van der Waals surface area contributed by atoms with E-state index in [1.807, 2.05) is 5.87 Å². The van der Waals surface area contributed by atoms with Crippen molar-refractivity contribution in [2.75, 3.05) is 0 Å². The summed E-state index contributed by atoms with van der Waals surface area (Å²) in [4.78, 5) is 0. The molecule has 0 heterocycles. The Morgan fingerprint density at radius 3 is 2.25 bits per heavy atom. The van der Waals surface area contributed by atoms with Crippen LogP contribution < -0.4 is 5.73 Å². The standard InChI is InChI=1S/C2H4N2/c3-1-2-4/h1,4H,3H2. The van der Waals surface area contributed by atoms with Crippen molar-refractivity contribution < 1.29 is 0 Å². The molecule has 0 aromatic heterocycles. The Morgan fingerprint density at radius 1 is 2.00 bits per heavy atom. The van der Waals surface area contributed by atoms with Gasteiger partial charge in [0.25, 0.3) is 0 Å². The van der Waals surface area contributed by atoms with Crippen LogP contribution >= 0.6 is 0 Å². The van der Waals surface area contributed by atoms with E-state index in [-0.39, 0.29) is 0 Å². The third kappa shape index (κ3) is 1.25. The minimum absolute atomic E-state index is 1.04. The van der Waals surface area contributed by atoms with E-state index in [0.29, 0.717) is 0 Å². The monoisotopic (exact) mass is 56.0 g/mol. The maximum Gasteiger partial charge on any atom is 0.0563 e. The second-order valence-corrected chi connectivity index (χ2v) is 0.311. The van der Waals surface area contributed by atoms with E-state index in [2.05, 4.69) is 5.73 Å². The van der Waals surface area contributed by atoms with Gasteiger partial charge < -0.3 is 5.73 Å². The van der Waals surface area contributed by atoms with Crippen LogP contribution in [0.3, 0.4) is 0 Å². The molecule has 0 aliphatic heterocycles. The zero-order valence-corrected chi connectivity index (χ0v) is 2.15. The maximum absolute atomic E-state index is 6.02. The molecule has 0 aliphatic rings. The molecule has 0 saturated heterocycles. The molecule has 0 spiro atoms. The molecular formula is C2H4N2. The van der Waals surface area contributed by atoms with Gasteiger partial charge in [0, 0.05) is 0 Å². The highest BCUT2D eigenvalue weighted by Gasteiger charge is 1.23. The average Bonchev–Trinajstić information content (AvgIpc) is 1.37. The van der Waals surface area contributed by atoms with E-state index in [9.17, 15) is 0 Å². The van der Waals surface area contributed by atoms with Crippen LogP contribution in [0.5, 0.6) is 0 Å². The molecule has 0 aromatic carbocycles. The summed E-state index contributed by atoms with van der Waals surface area (Å²) in [5.41, 5.74) is 4.60. The van der Waals surface area contributed by atoms with Gasteiger partial charge in [-0.1, -0.05) is 0 Å². The van der Waals surface area contributed by atoms with Crippen LogP contribution in [0.25, 0.3) is 0 Å². The molecule has 0 amide bonds. The highest BCUT2D eigenvalue weighted by atomic mass is 14.5. The SMILES string of the molecule is N=C=CN. The van der Waals surface area contributed by atoms with Crippen molar-refractivity contribution in [3.63, 3.8) is 0 Å². The first-order chi connectivity index (χ1) is 1.91. The van der Waals surface area contributed by atoms with Crippen LogP contribution in [0, 0.1) is 5.41 Å². The molecule has 0 radical (unpaired) electrons. The smallest absolute Gasteiger partial charge is 0.0563 e. The van der Waals surface area contributed by atoms with Gasteiger partial charge in [0.2, 0.25) is 0 Å². The largest absolute Gasteiger partial charge is 0.397 e. The highest BCUT2D eigenvalue weighted by Crippen LogP contribution is 1.14. The lowest BCUT2D eigenvalue weighted by molar-refractivity contribution is 1.56. The summed E-state index contributed by atoms with van der Waals surface area (Å²) in [7, 11) is 0. The van der Waals surface area contributed by atoms with E-state index < -0.39 is 0 Å². The van der Waals surface area contributed by atoms with E-state index >= 15 is 0 Å². The van der Waals surface area contributed by atoms with Gasteiger partial charge in [-0.15, -0.1) is 0 Å². The Kier molecular flexibility index (Phi) is 1.83. The second-order valence-electron chi connectivity index (χ2n) is 0.311. The molecule has 3 N–H and O–H groups in total. The number of nitrogens with two attached hydrogens (primary N) is 1. The predicted octanol–water partition coefficient (Wildman–Crippen LogP) is -0.293. The molecule has 0 aliphatic carbocycles. The number of hydrogen-bond donors (Lipinski definition) is 2. The number of hydrogen-bond acceptors (Lipinski definition) is 2. The molecule has 0 unspecified atom stereocenters. The van der Waals surface area contributed by atoms with Gasteiger partial charge in [-0.25, -0.2) is 0 Å². The minimum Gasteiger partial charge on any atom is -0.397 e. The van der Waals surface area contributed by atoms with Crippen LogP contribution in [0.2, 0.25) is 0 Å². The van der Waals surface area contributed by atoms with E-state index in [4.69, 9.17) is 5.41 Å². The summed E-state index contributed by atoms with van der Waals surface area (Å²) in [5, 5.41) is 6.02. The topological polar surface area (TPSA) is 49.9 Å². The van der Waals surface area contributed by atoms with Crippen molar-refractivity contribution >= 4 is 5.87 Å². The van der Waals surface area contributed by atoms with Crippen LogP contribution in [0.1, 0.15) is 0 Å². The first kappa shape index (κ1) is 3.25. The Bertz CT molecular complexity index is 42.0. The Hall–Kier alpha value is -0.750. The van der Waals surface area contributed by atoms with Crippen LogP contribution in [-0.4, -0.2) is 5.87 Å². The highest BCUT2D eigenvalue weighted by molar-refractivity contribution is 5.45. The maximum atomic E-state index is 6.02. The summed E-state index contributed by atoms with van der Waals surface area (Å²) < 4.78 is 0. The summed E-state index contributed by atoms with van der Waals surface area (Å²) >= 11 is 0. The lowest BCUT2D eigenvalue weighted by Gasteiger charge is -1.42. The van der Waals surface area contributed by atoms with Crippen LogP contribution in [-0.2, 0) is 0 Å². The van der Waals surface area contributed by atoms with E-state index in [0.717, 1.165) is 6.20 Å². The molecule has 22 valence electrons. The summed E-state index contributed by atoms with van der Waals surface area (Å²) in [5.74, 6) is 1.83. The van der Waals surface area contributed by atoms with Gasteiger partial charge in [-0.3, -0.25) is 5.41 Å². The van der Waals surface area contributed by atoms with Gasteiger partial charge in [-0.05, 0) is 5.87 Å². The zero-order chi connectivity index (χ0) is 3.41. The molecule has 0 bridgehead atoms. The molecule has 0 aromatic rings. The molecule has 2 nitrogen and oxygen atoms in total. The van der Waals surface area contributed by atoms with Crippen molar-refractivity contribution in [1.29, 1.82) is 5.41 Å². The molecule has 0 rings (SSSR count). The normalized spacial score (nSPS) is 4.00. The summed E-state index contributed by atoms with van der Waals surface area (Å²) in [6.07, 6.45) is 1.04. The van der Waals surface area contributed by atoms with Crippen molar-refractivity contribution in [2.45, 2.75) is 0 Å². The summed E-state index contributed by atoms with van der Waals surface area (Å²) in [6.45, 7) is 0. The van der Waals surface area contributed by atoms with Crippen molar-refractivity contribution in [1.82, 2.24) is 0 Å². The molecule has 0 atom stereocenters. The van der Waals surface area contributed by atoms with Gasteiger partial charge in [0.15, 0.2) is 0 Å². The van der Waals surface area contributed by atoms with Crippen molar-refractivity contribution in [2.24, 2.45) is 5.73 Å². The van der Waals surface area contributed by atoms with E-state index in [1.165, 1.54) is 0 Å². The van der Waals surface area contributed by atoms with Gasteiger partial charge in [0.1, 0.15) is 0 Å². The lowest BCUT2D eigenvalue weighted by atomic mass is 11.0. The third-order valence-electron chi connectivity index (χ3n) is 0.0833. The van der Waals surface area contributed by atoms with E-state index in [1.54, 1.807) is 0 Å². The Labute approximate surface area is 24.4 Å². The molecule has 4 heavy (non-hydrogen) atoms. The molecule has 2 heteroatoms. The van der Waals surface area contributed by atoms with Crippen molar-refractivity contribution in [3.05, 3.63) is 6.20 Å². The number of nitrogens with one attached hydrogen (secondary N) is 1. The van der Waals surface area contributed by atoms with Crippen LogP contribution in [0.4, 0.5) is 0 Å². The molecule has 0 saturated carbocycles. The number of rotatable bonds is 0. The first-order valence-electron chi connectivity index (χ1n) is 0.872. The van der Waals surface area contributed by atoms with Gasteiger partial charge in [0.05, 0.1) is 6.20 Å². The quantitative estimate of drug-likeness (QED) is 0.368. The fourth-order valence-corrected chi connectivity index (χ4v) is 0. The first-order valence-corrected chi connectivity index (χ1v) is 0.872. The van der Waals surface area contributed by atoms with Crippen LogP contribution in [0.15, 0.2) is 6.20 Å². The Morgan fingerprint density at radius 2 is 2.25 bits per heavy atom. The Balaban J connectivity index is 3.11. The summed E-state index contributed by atoms with van der Waals surface area (Å²) in [6, 6.07) is 0. The van der Waals surface area contributed by atoms with Gasteiger partial charge in [-0.2, -0.15) is 0 Å². The zero-order valence-electron chi connectivity index (χ0n) is 2.15. The minimum atomic E-state index is 1.04. The fourth-order valence-electron chi connectivity index (χ4n) is 0. The van der Waals surface area contributed by atoms with Gasteiger partial charge >= 0.3 is 0 Å². The average molecular weight is 56.1 g/mol. The third-order valence-corrected chi connectivity index (χ3v) is 0.0833. The molecular weight excluding hydrogens is 52.0 g/mol. The van der Waals surface area contributed by atoms with Crippen molar-refractivity contribution in [3.8, 4) is 0 Å². The predicted molar refractivity (Wildman–Crippen MR) is 16.5 cm³/mol. The second kappa shape index (κ2) is 2.25. The fraction of sp³-hybridized carbons (Fsp3) is 0. The molecule has 0 fully saturated rings. The lowest BCUT2D eigenvalue weighted by Crippen LogP contribution is -1.71.